The minimum atomic E-state index is -0.854. The van der Waals surface area contributed by atoms with Crippen LogP contribution < -0.4 is 33.2 Å². The minimum Gasteiger partial charge on any atom is -0.368 e. The van der Waals surface area contributed by atoms with E-state index in [1.165, 1.54) is 152 Å². The van der Waals surface area contributed by atoms with Crippen molar-refractivity contribution < 1.29 is 52.8 Å². The van der Waals surface area contributed by atoms with Gasteiger partial charge in [-0.3, -0.25) is 43.2 Å². The maximum Gasteiger partial charge on any atom is 0.333 e. The average Bonchev–Trinajstić information content (AvgIpc) is 4.04. The summed E-state index contributed by atoms with van der Waals surface area (Å²) in [4.78, 5) is 123. The number of imide groups is 1. The van der Waals surface area contributed by atoms with Gasteiger partial charge in [-0.15, -0.1) is 5.06 Å². The van der Waals surface area contributed by atoms with Crippen LogP contribution in [-0.4, -0.2) is 126 Å². The highest BCUT2D eigenvalue weighted by atomic mass is 16.7. The topological polar surface area (TPSA) is 304 Å². The molecule has 20 heteroatoms. The fourth-order valence-electron chi connectivity index (χ4n) is 9.24. The smallest absolute Gasteiger partial charge is 0.333 e. The molecule has 72 heavy (non-hydrogen) atoms. The Balaban J connectivity index is 0.000000517. The zero-order valence-electron chi connectivity index (χ0n) is 44.4. The molecule has 0 aromatic rings. The SMILES string of the molecule is C1CCCCCCCCC1.C1CCCCCCCCC1.CC[C@H](C(N)=O)N1CC(CNC(=O)CCC(=O)NC)CC1=O.CC[C@H](C(N)=O)N1CC(CNC(=O)CCC(=O)ON2C(=O)CCC2=O)CC1=O.CN. The lowest BCUT2D eigenvalue weighted by Crippen LogP contribution is -2.45. The Morgan fingerprint density at radius 2 is 0.792 bits per heavy atom. The molecule has 2 aliphatic carbocycles. The van der Waals surface area contributed by atoms with E-state index in [0.29, 0.717) is 44.0 Å². The third-order valence-corrected chi connectivity index (χ3v) is 13.4. The number of hydrogen-bond donors (Lipinski definition) is 6. The molecule has 0 spiro atoms. The lowest BCUT2D eigenvalue weighted by molar-refractivity contribution is -0.197. The van der Waals surface area contributed by atoms with Crippen molar-refractivity contribution in [1.82, 2.24) is 30.8 Å². The van der Waals surface area contributed by atoms with Gasteiger partial charge in [0.25, 0.3) is 11.8 Å². The number of hydroxylamine groups is 2. The Morgan fingerprint density at radius 1 is 0.500 bits per heavy atom. The van der Waals surface area contributed by atoms with Crippen molar-refractivity contribution in [3.8, 4) is 0 Å². The van der Waals surface area contributed by atoms with Gasteiger partial charge >= 0.3 is 5.97 Å². The molecule has 20 nitrogen and oxygen atoms in total. The fraction of sp³-hybridized carbons (Fsp3) is 0.808. The molecule has 5 fully saturated rings. The molecule has 0 aromatic heterocycles. The van der Waals surface area contributed by atoms with Crippen LogP contribution in [0.2, 0.25) is 0 Å². The van der Waals surface area contributed by atoms with E-state index in [1.54, 1.807) is 13.8 Å². The van der Waals surface area contributed by atoms with E-state index in [4.69, 9.17) is 11.5 Å². The standard InChI is InChI=1S/C17H24N4O7.C14H24N4O4.2C10H20.CH5N/c1-2-11(17(18)27)20-9-10(7-15(20)25)8-19-12(22)3-6-16(26)28-21-13(23)4-5-14(21)24;1-3-10(14(15)22)18-8-9(6-13(18)21)7-17-12(20)5-4-11(19)16-2;2*1-2-4-6-8-10-9-7-5-3-1;1-2/h10-11H,2-9H2,1H3,(H2,18,27)(H,19,22);9-10H,3-8H2,1-2H3,(H2,15,22)(H,16,19)(H,17,20);2*1-10H2;2H2,1H3/t10?,11-;9?,10-;;;/m11.../s1. The van der Waals surface area contributed by atoms with Gasteiger partial charge in [-0.1, -0.05) is 142 Å². The summed E-state index contributed by atoms with van der Waals surface area (Å²) in [6.07, 6.45) is 31.2. The number of carbonyl (C=O) groups excluding carboxylic acids is 10. The Hall–Kier alpha value is -5.14. The Bertz CT molecular complexity index is 1580. The lowest BCUT2D eigenvalue weighted by atomic mass is 10.0. The van der Waals surface area contributed by atoms with Crippen LogP contribution in [0.4, 0.5) is 0 Å². The summed E-state index contributed by atoms with van der Waals surface area (Å²) in [5.74, 6) is -4.43. The van der Waals surface area contributed by atoms with Gasteiger partial charge in [0.05, 0.1) is 6.42 Å². The van der Waals surface area contributed by atoms with Crippen molar-refractivity contribution in [2.75, 3.05) is 40.3 Å². The first-order chi connectivity index (χ1) is 34.6. The molecule has 4 atom stereocenters. The van der Waals surface area contributed by atoms with E-state index in [1.807, 2.05) is 0 Å². The first kappa shape index (κ1) is 64.9. The number of nitrogens with zero attached hydrogens (tertiary/aromatic N) is 3. The van der Waals surface area contributed by atoms with Crippen molar-refractivity contribution in [2.24, 2.45) is 29.0 Å². The van der Waals surface area contributed by atoms with E-state index in [-0.39, 0.29) is 87.0 Å². The normalized spacial score (nSPS) is 20.5. The highest BCUT2D eigenvalue weighted by Crippen LogP contribution is 2.23. The third kappa shape index (κ3) is 27.6. The number of primary amides is 2. The van der Waals surface area contributed by atoms with E-state index < -0.39 is 47.6 Å². The summed E-state index contributed by atoms with van der Waals surface area (Å²) in [6.45, 7) is 4.87. The molecule has 2 saturated carbocycles. The summed E-state index contributed by atoms with van der Waals surface area (Å²) in [5, 5.41) is 8.22. The highest BCUT2D eigenvalue weighted by Gasteiger charge is 2.37. The van der Waals surface area contributed by atoms with Crippen molar-refractivity contribution in [3.63, 3.8) is 0 Å². The maximum absolute atomic E-state index is 12.1. The molecule has 0 aromatic carbocycles. The number of hydrogen-bond acceptors (Lipinski definition) is 12. The van der Waals surface area contributed by atoms with Crippen LogP contribution in [0.25, 0.3) is 0 Å². The maximum atomic E-state index is 12.1. The van der Waals surface area contributed by atoms with Crippen LogP contribution >= 0.6 is 0 Å². The molecule has 412 valence electrons. The predicted molar refractivity (Wildman–Crippen MR) is 274 cm³/mol. The van der Waals surface area contributed by atoms with E-state index in [2.05, 4.69) is 26.5 Å². The van der Waals surface area contributed by atoms with Crippen LogP contribution in [0.5, 0.6) is 0 Å². The van der Waals surface area contributed by atoms with Crippen LogP contribution in [0.3, 0.4) is 0 Å². The number of carbonyl (C=O) groups is 10. The number of rotatable bonds is 17. The first-order valence-electron chi connectivity index (χ1n) is 27.2. The lowest BCUT2D eigenvalue weighted by Gasteiger charge is -2.24. The molecule has 0 radical (unpaired) electrons. The third-order valence-electron chi connectivity index (χ3n) is 13.4. The van der Waals surface area contributed by atoms with Gasteiger partial charge in [-0.2, -0.15) is 0 Å². The van der Waals surface area contributed by atoms with Gasteiger partial charge in [0.2, 0.25) is 41.4 Å². The average molecular weight is 1020 g/mol. The van der Waals surface area contributed by atoms with Gasteiger partial charge in [-0.05, 0) is 19.9 Å². The van der Waals surface area contributed by atoms with Gasteiger partial charge in [0.15, 0.2) is 0 Å². The number of nitrogens with two attached hydrogens (primary N) is 3. The second-order valence-electron chi connectivity index (χ2n) is 19.3. The van der Waals surface area contributed by atoms with Gasteiger partial charge in [0.1, 0.15) is 12.1 Å². The van der Waals surface area contributed by atoms with E-state index in [9.17, 15) is 47.9 Å². The second kappa shape index (κ2) is 39.4. The van der Waals surface area contributed by atoms with Gasteiger partial charge in [-0.25, -0.2) is 4.79 Å². The van der Waals surface area contributed by atoms with Crippen LogP contribution in [-0.2, 0) is 52.8 Å². The molecule has 0 bridgehead atoms. The van der Waals surface area contributed by atoms with E-state index >= 15 is 0 Å². The summed E-state index contributed by atoms with van der Waals surface area (Å²) in [6, 6.07) is -1.24. The van der Waals surface area contributed by atoms with Crippen LogP contribution in [0.15, 0.2) is 0 Å². The Morgan fingerprint density at radius 3 is 1.07 bits per heavy atom. The summed E-state index contributed by atoms with van der Waals surface area (Å²) >= 11 is 0. The number of amides is 9. The molecule has 3 aliphatic heterocycles. The zero-order valence-corrected chi connectivity index (χ0v) is 44.4. The van der Waals surface area contributed by atoms with Crippen molar-refractivity contribution in [2.45, 2.75) is 219 Å². The molecule has 9 N–H and O–H groups in total. The highest BCUT2D eigenvalue weighted by molar-refractivity contribution is 6.01. The number of nitrogens with one attached hydrogen (secondary N) is 3. The predicted octanol–water partition coefficient (Wildman–Crippen LogP) is 4.72. The largest absolute Gasteiger partial charge is 0.368 e. The van der Waals surface area contributed by atoms with Gasteiger partial charge < -0.3 is 47.8 Å². The molecule has 2 unspecified atom stereocenters. The molecule has 3 heterocycles. The molecule has 3 saturated heterocycles. The summed E-state index contributed by atoms with van der Waals surface area (Å²) < 4.78 is 0. The quantitative estimate of drug-likeness (QED) is 0.108. The van der Waals surface area contributed by atoms with Crippen molar-refractivity contribution >= 4 is 59.1 Å². The van der Waals surface area contributed by atoms with Crippen LogP contribution in [0, 0.1) is 11.8 Å². The molecule has 9 amide bonds. The number of likely N-dealkylation sites (tertiary alicyclic amines) is 2. The Labute approximate surface area is 429 Å². The van der Waals surface area contributed by atoms with Crippen molar-refractivity contribution in [3.05, 3.63) is 0 Å². The fourth-order valence-corrected chi connectivity index (χ4v) is 9.24. The first-order valence-corrected chi connectivity index (χ1v) is 27.2. The van der Waals surface area contributed by atoms with Gasteiger partial charge in [0, 0.05) is 90.0 Å². The molecule has 5 aliphatic rings. The molecule has 5 rings (SSSR count). The monoisotopic (exact) mass is 1020 g/mol. The summed E-state index contributed by atoms with van der Waals surface area (Å²) in [5.41, 5.74) is 15.1. The second-order valence-corrected chi connectivity index (χ2v) is 19.3. The minimum absolute atomic E-state index is 0.00162. The van der Waals surface area contributed by atoms with Crippen LogP contribution in [0.1, 0.15) is 206 Å². The summed E-state index contributed by atoms with van der Waals surface area (Å²) in [7, 11) is 3.02. The Kier molecular flexibility index (Phi) is 35.5. The van der Waals surface area contributed by atoms with Crippen molar-refractivity contribution in [1.29, 1.82) is 0 Å². The molecular weight excluding hydrogens is 927 g/mol. The molecular formula is C52H93N9O11. The zero-order chi connectivity index (χ0) is 53.7. The van der Waals surface area contributed by atoms with E-state index in [0.717, 1.165) is 0 Å².